The third-order valence-electron chi connectivity index (χ3n) is 3.54. The highest BCUT2D eigenvalue weighted by Gasteiger charge is 2.34. The van der Waals surface area contributed by atoms with E-state index in [0.717, 1.165) is 18.5 Å². The minimum Gasteiger partial charge on any atom is -0.365 e. The molecule has 0 radical (unpaired) electrons. The van der Waals surface area contributed by atoms with E-state index in [0.29, 0.717) is 6.54 Å². The Morgan fingerprint density at radius 2 is 2.24 bits per heavy atom. The van der Waals surface area contributed by atoms with Gasteiger partial charge in [-0.05, 0) is 44.9 Å². The number of rotatable bonds is 1. The lowest BCUT2D eigenvalue weighted by atomic mass is 9.85. The van der Waals surface area contributed by atoms with Crippen LogP contribution in [-0.2, 0) is 0 Å². The molecule has 1 aromatic carbocycles. The van der Waals surface area contributed by atoms with Gasteiger partial charge in [-0.15, -0.1) is 0 Å². The summed E-state index contributed by atoms with van der Waals surface area (Å²) in [6, 6.07) is 8.94. The average molecular weight is 232 g/mol. The van der Waals surface area contributed by atoms with E-state index in [2.05, 4.69) is 24.8 Å². The lowest BCUT2D eigenvalue weighted by molar-refractivity contribution is 0.325. The summed E-state index contributed by atoms with van der Waals surface area (Å²) in [4.78, 5) is 2.15. The monoisotopic (exact) mass is 232 g/mol. The van der Waals surface area contributed by atoms with Crippen LogP contribution in [0, 0.1) is 23.1 Å². The summed E-state index contributed by atoms with van der Waals surface area (Å²) >= 11 is 0. The Balaban J connectivity index is 2.31. The molecule has 1 saturated heterocycles. The Morgan fingerprint density at radius 3 is 2.88 bits per heavy atom. The van der Waals surface area contributed by atoms with Gasteiger partial charge in [-0.1, -0.05) is 6.07 Å². The Kier molecular flexibility index (Phi) is 3.06. The van der Waals surface area contributed by atoms with Crippen LogP contribution in [0.5, 0.6) is 0 Å². The number of anilines is 1. The first kappa shape index (κ1) is 11.9. The molecule has 3 heteroatoms. The molecule has 1 fully saturated rings. The molecule has 1 heterocycles. The van der Waals surface area contributed by atoms with Gasteiger partial charge in [0.05, 0.1) is 12.0 Å². The number of hydrogen-bond donors (Lipinski definition) is 0. The number of nitrogens with zero attached hydrogens (tertiary/aromatic N) is 2. The maximum atomic E-state index is 13.3. The fourth-order valence-corrected chi connectivity index (χ4v) is 2.43. The highest BCUT2D eigenvalue weighted by molar-refractivity contribution is 5.49. The number of nitriles is 1. The van der Waals surface area contributed by atoms with Gasteiger partial charge in [-0.25, -0.2) is 4.39 Å². The highest BCUT2D eigenvalue weighted by atomic mass is 19.1. The molecule has 0 aliphatic carbocycles. The predicted octanol–water partition coefficient (Wildman–Crippen LogP) is 3.34. The zero-order valence-electron chi connectivity index (χ0n) is 10.3. The van der Waals surface area contributed by atoms with E-state index in [9.17, 15) is 4.39 Å². The van der Waals surface area contributed by atoms with Crippen molar-refractivity contribution < 1.29 is 4.39 Å². The van der Waals surface area contributed by atoms with Gasteiger partial charge in [0.2, 0.25) is 0 Å². The van der Waals surface area contributed by atoms with Gasteiger partial charge in [-0.2, -0.15) is 5.26 Å². The van der Waals surface area contributed by atoms with Gasteiger partial charge in [0.25, 0.3) is 0 Å². The van der Waals surface area contributed by atoms with Crippen molar-refractivity contribution >= 4 is 5.69 Å². The first-order chi connectivity index (χ1) is 8.03. The molecule has 0 amide bonds. The normalized spacial score (nSPS) is 23.2. The van der Waals surface area contributed by atoms with Crippen molar-refractivity contribution in [2.24, 2.45) is 5.92 Å². The minimum absolute atomic E-state index is 0.0128. The topological polar surface area (TPSA) is 27.0 Å². The van der Waals surface area contributed by atoms with Crippen molar-refractivity contribution in [3.05, 3.63) is 30.1 Å². The van der Waals surface area contributed by atoms with Gasteiger partial charge >= 0.3 is 0 Å². The van der Waals surface area contributed by atoms with E-state index < -0.39 is 0 Å². The number of benzene rings is 1. The van der Waals surface area contributed by atoms with Crippen molar-refractivity contribution in [2.75, 3.05) is 11.4 Å². The summed E-state index contributed by atoms with van der Waals surface area (Å²) in [7, 11) is 0. The summed E-state index contributed by atoms with van der Waals surface area (Å²) < 4.78 is 13.3. The van der Waals surface area contributed by atoms with Crippen molar-refractivity contribution in [3.63, 3.8) is 0 Å². The van der Waals surface area contributed by atoms with E-state index in [4.69, 9.17) is 5.26 Å². The van der Waals surface area contributed by atoms with Crippen LogP contribution >= 0.6 is 0 Å². The van der Waals surface area contributed by atoms with E-state index in [1.165, 1.54) is 6.07 Å². The zero-order chi connectivity index (χ0) is 12.5. The van der Waals surface area contributed by atoms with E-state index in [1.54, 1.807) is 12.1 Å². The molecule has 1 aliphatic heterocycles. The van der Waals surface area contributed by atoms with Gasteiger partial charge in [-0.3, -0.25) is 0 Å². The first-order valence-corrected chi connectivity index (χ1v) is 5.96. The molecule has 2 nitrogen and oxygen atoms in total. The lowest BCUT2D eigenvalue weighted by Crippen LogP contribution is -2.50. The molecule has 90 valence electrons. The second-order valence-corrected chi connectivity index (χ2v) is 5.27. The molecule has 1 aromatic rings. The fourth-order valence-electron chi connectivity index (χ4n) is 2.43. The van der Waals surface area contributed by atoms with Crippen molar-refractivity contribution in [3.8, 4) is 6.07 Å². The zero-order valence-corrected chi connectivity index (χ0v) is 10.3. The van der Waals surface area contributed by atoms with Crippen molar-refractivity contribution in [2.45, 2.75) is 32.2 Å². The summed E-state index contributed by atoms with van der Waals surface area (Å²) in [6.07, 6.45) is 1.89. The van der Waals surface area contributed by atoms with Crippen molar-refractivity contribution in [1.82, 2.24) is 0 Å². The predicted molar refractivity (Wildman–Crippen MR) is 66.2 cm³/mol. The summed E-state index contributed by atoms with van der Waals surface area (Å²) in [5.41, 5.74) is 0.858. The van der Waals surface area contributed by atoms with Crippen molar-refractivity contribution in [1.29, 1.82) is 5.26 Å². The van der Waals surface area contributed by atoms with Crippen LogP contribution < -0.4 is 4.90 Å². The Bertz CT molecular complexity index is 448. The van der Waals surface area contributed by atoms with Crippen LogP contribution in [0.25, 0.3) is 0 Å². The molecule has 0 spiro atoms. The van der Waals surface area contributed by atoms with Crippen LogP contribution in [0.2, 0.25) is 0 Å². The maximum Gasteiger partial charge on any atom is 0.125 e. The van der Waals surface area contributed by atoms with Gasteiger partial charge in [0.15, 0.2) is 0 Å². The maximum absolute atomic E-state index is 13.3. The number of hydrogen-bond acceptors (Lipinski definition) is 2. The lowest BCUT2D eigenvalue weighted by Gasteiger charge is -2.45. The second kappa shape index (κ2) is 4.37. The molecule has 0 aromatic heterocycles. The third kappa shape index (κ3) is 2.41. The SMILES string of the molecule is CC1(C)CCC(C#N)CN1c1cccc(F)c1. The van der Waals surface area contributed by atoms with Crippen LogP contribution in [0.1, 0.15) is 26.7 Å². The standard InChI is InChI=1S/C14H17FN2/c1-14(2)7-6-11(9-16)10-17(14)13-5-3-4-12(15)8-13/h3-5,8,11H,6-7,10H2,1-2H3. The van der Waals surface area contributed by atoms with Gasteiger partial charge in [0.1, 0.15) is 5.82 Å². The molecule has 0 saturated carbocycles. The fraction of sp³-hybridized carbons (Fsp3) is 0.500. The Morgan fingerprint density at radius 1 is 1.47 bits per heavy atom. The minimum atomic E-state index is -0.225. The molecule has 2 rings (SSSR count). The van der Waals surface area contributed by atoms with Crippen LogP contribution in [0.4, 0.5) is 10.1 Å². The molecular formula is C14H17FN2. The number of halogens is 1. The summed E-state index contributed by atoms with van der Waals surface area (Å²) in [5, 5.41) is 9.03. The molecule has 17 heavy (non-hydrogen) atoms. The van der Waals surface area contributed by atoms with E-state index in [1.807, 2.05) is 6.07 Å². The summed E-state index contributed by atoms with van der Waals surface area (Å²) in [6.45, 7) is 4.98. The van der Waals surface area contributed by atoms with Gasteiger partial charge < -0.3 is 4.90 Å². The quantitative estimate of drug-likeness (QED) is 0.742. The molecule has 1 unspecified atom stereocenters. The molecule has 1 atom stereocenters. The molecule has 1 aliphatic rings. The van der Waals surface area contributed by atoms with Crippen LogP contribution in [0.15, 0.2) is 24.3 Å². The number of piperidine rings is 1. The molecule has 0 bridgehead atoms. The second-order valence-electron chi connectivity index (χ2n) is 5.27. The summed E-state index contributed by atoms with van der Waals surface area (Å²) in [5.74, 6) is -0.177. The van der Waals surface area contributed by atoms with E-state index in [-0.39, 0.29) is 17.3 Å². The Labute approximate surface area is 102 Å². The molecule has 0 N–H and O–H groups in total. The third-order valence-corrected chi connectivity index (χ3v) is 3.54. The van der Waals surface area contributed by atoms with Crippen LogP contribution in [-0.4, -0.2) is 12.1 Å². The van der Waals surface area contributed by atoms with E-state index >= 15 is 0 Å². The Hall–Kier alpha value is -1.56. The average Bonchev–Trinajstić information content (AvgIpc) is 2.29. The highest BCUT2D eigenvalue weighted by Crippen LogP contribution is 2.34. The molecular weight excluding hydrogens is 215 g/mol. The first-order valence-electron chi connectivity index (χ1n) is 5.96. The smallest absolute Gasteiger partial charge is 0.125 e. The van der Waals surface area contributed by atoms with Gasteiger partial charge in [0, 0.05) is 17.8 Å². The van der Waals surface area contributed by atoms with Crippen LogP contribution in [0.3, 0.4) is 0 Å². The largest absolute Gasteiger partial charge is 0.365 e.